The summed E-state index contributed by atoms with van der Waals surface area (Å²) in [5.74, 6) is 2.73. The van der Waals surface area contributed by atoms with Gasteiger partial charge in [-0.1, -0.05) is 30.5 Å². The lowest BCUT2D eigenvalue weighted by Crippen LogP contribution is -2.25. The minimum Gasteiger partial charge on any atom is -0.361 e. The quantitative estimate of drug-likeness (QED) is 0.796. The molecule has 0 aliphatic heterocycles. The van der Waals surface area contributed by atoms with Crippen molar-refractivity contribution in [1.82, 2.24) is 10.3 Å². The molecular weight excluding hydrogens is 232 g/mol. The van der Waals surface area contributed by atoms with Gasteiger partial charge in [-0.3, -0.25) is 5.32 Å². The molecule has 17 heavy (non-hydrogen) atoms. The van der Waals surface area contributed by atoms with Crippen LogP contribution in [0.25, 0.3) is 10.9 Å². The van der Waals surface area contributed by atoms with E-state index in [4.69, 9.17) is 18.0 Å². The van der Waals surface area contributed by atoms with Crippen molar-refractivity contribution < 1.29 is 0 Å². The molecule has 3 heteroatoms. The molecule has 1 heterocycles. The third kappa shape index (κ3) is 2.63. The molecule has 0 fully saturated rings. The highest BCUT2D eigenvalue weighted by molar-refractivity contribution is 6.31. The van der Waals surface area contributed by atoms with E-state index in [2.05, 4.69) is 23.1 Å². The zero-order valence-corrected chi connectivity index (χ0v) is 10.5. The second kappa shape index (κ2) is 5.27. The molecule has 0 radical (unpaired) electrons. The third-order valence-electron chi connectivity index (χ3n) is 2.88. The minimum atomic E-state index is 0.132. The van der Waals surface area contributed by atoms with E-state index in [0.29, 0.717) is 0 Å². The maximum absolute atomic E-state index is 5.94. The average molecular weight is 247 g/mol. The molecule has 2 aromatic rings. The highest BCUT2D eigenvalue weighted by Gasteiger charge is 2.06. The molecule has 0 saturated carbocycles. The number of hydrogen-bond acceptors (Lipinski definition) is 1. The van der Waals surface area contributed by atoms with Crippen LogP contribution in [-0.2, 0) is 6.54 Å². The summed E-state index contributed by atoms with van der Waals surface area (Å²) in [6.07, 6.45) is 8.35. The Labute approximate surface area is 106 Å². The number of nitrogens with one attached hydrogen (secondary N) is 2. The normalized spacial score (nSPS) is 12.5. The Morgan fingerprint density at radius 2 is 2.35 bits per heavy atom. The molecule has 1 atom stereocenters. The Bertz CT molecular complexity index is 551. The van der Waals surface area contributed by atoms with Gasteiger partial charge in [0.2, 0.25) is 0 Å². The Morgan fingerprint density at radius 1 is 1.53 bits per heavy atom. The maximum Gasteiger partial charge on any atom is 0.0686 e. The van der Waals surface area contributed by atoms with Crippen LogP contribution in [-0.4, -0.2) is 11.0 Å². The van der Waals surface area contributed by atoms with Crippen molar-refractivity contribution in [3.05, 3.63) is 35.0 Å². The average Bonchev–Trinajstić information content (AvgIpc) is 2.73. The van der Waals surface area contributed by atoms with Gasteiger partial charge in [-0.25, -0.2) is 0 Å². The van der Waals surface area contributed by atoms with Gasteiger partial charge in [-0.05, 0) is 24.1 Å². The fourth-order valence-corrected chi connectivity index (χ4v) is 2.03. The molecule has 0 spiro atoms. The van der Waals surface area contributed by atoms with Crippen LogP contribution in [0.1, 0.15) is 18.9 Å². The van der Waals surface area contributed by atoms with Crippen molar-refractivity contribution in [3.63, 3.8) is 0 Å². The Hall–Kier alpha value is -1.43. The van der Waals surface area contributed by atoms with E-state index < -0.39 is 0 Å². The number of halogens is 1. The second-order valence-electron chi connectivity index (χ2n) is 4.01. The first-order valence-corrected chi connectivity index (χ1v) is 6.07. The number of H-pyrrole nitrogens is 1. The van der Waals surface area contributed by atoms with Gasteiger partial charge in [-0.15, -0.1) is 6.42 Å². The Balaban J connectivity index is 2.17. The lowest BCUT2D eigenvalue weighted by molar-refractivity contribution is 0.594. The van der Waals surface area contributed by atoms with Crippen molar-refractivity contribution in [3.8, 4) is 12.3 Å². The van der Waals surface area contributed by atoms with Gasteiger partial charge in [0.25, 0.3) is 0 Å². The minimum absolute atomic E-state index is 0.132. The molecule has 2 nitrogen and oxygen atoms in total. The summed E-state index contributed by atoms with van der Waals surface area (Å²) in [7, 11) is 0. The van der Waals surface area contributed by atoms with Gasteiger partial charge in [-0.2, -0.15) is 0 Å². The monoisotopic (exact) mass is 246 g/mol. The van der Waals surface area contributed by atoms with Crippen LogP contribution in [0.2, 0.25) is 5.02 Å². The second-order valence-corrected chi connectivity index (χ2v) is 4.45. The van der Waals surface area contributed by atoms with Crippen LogP contribution in [0, 0.1) is 12.3 Å². The highest BCUT2D eigenvalue weighted by atomic mass is 35.5. The van der Waals surface area contributed by atoms with E-state index in [0.717, 1.165) is 23.5 Å². The van der Waals surface area contributed by atoms with Gasteiger partial charge in [0, 0.05) is 28.7 Å². The fraction of sp³-hybridized carbons (Fsp3) is 0.286. The van der Waals surface area contributed by atoms with Gasteiger partial charge in [0.1, 0.15) is 0 Å². The highest BCUT2D eigenvalue weighted by Crippen LogP contribution is 2.21. The first kappa shape index (κ1) is 12.0. The number of rotatable bonds is 4. The fourth-order valence-electron chi connectivity index (χ4n) is 1.86. The maximum atomic E-state index is 5.94. The summed E-state index contributed by atoms with van der Waals surface area (Å²) >= 11 is 5.94. The Kier molecular flexibility index (Phi) is 3.73. The summed E-state index contributed by atoms with van der Waals surface area (Å²) in [5, 5.41) is 5.27. The van der Waals surface area contributed by atoms with Crippen LogP contribution < -0.4 is 5.32 Å². The number of aromatic amines is 1. The molecule has 0 aliphatic carbocycles. The molecule has 0 saturated heterocycles. The van der Waals surface area contributed by atoms with Crippen LogP contribution in [0.3, 0.4) is 0 Å². The predicted octanol–water partition coefficient (Wildman–Crippen LogP) is 3.32. The zero-order valence-electron chi connectivity index (χ0n) is 9.76. The number of benzene rings is 1. The molecule has 2 N–H and O–H groups in total. The van der Waals surface area contributed by atoms with Crippen LogP contribution in [0.4, 0.5) is 0 Å². The first-order valence-electron chi connectivity index (χ1n) is 5.69. The Morgan fingerprint density at radius 3 is 3.06 bits per heavy atom. The van der Waals surface area contributed by atoms with Crippen LogP contribution >= 0.6 is 11.6 Å². The number of aromatic nitrogens is 1. The predicted molar refractivity (Wildman–Crippen MR) is 73.1 cm³/mol. The smallest absolute Gasteiger partial charge is 0.0686 e. The molecule has 1 aromatic heterocycles. The lowest BCUT2D eigenvalue weighted by Gasteiger charge is -2.09. The van der Waals surface area contributed by atoms with E-state index in [1.165, 1.54) is 10.9 Å². The van der Waals surface area contributed by atoms with E-state index in [1.54, 1.807) is 0 Å². The molecule has 0 bridgehead atoms. The van der Waals surface area contributed by atoms with Crippen molar-refractivity contribution >= 4 is 22.5 Å². The van der Waals surface area contributed by atoms with Crippen molar-refractivity contribution in [1.29, 1.82) is 0 Å². The third-order valence-corrected chi connectivity index (χ3v) is 3.11. The summed E-state index contributed by atoms with van der Waals surface area (Å²) < 4.78 is 0. The van der Waals surface area contributed by atoms with Gasteiger partial charge in [0.15, 0.2) is 0 Å². The van der Waals surface area contributed by atoms with Gasteiger partial charge in [0.05, 0.1) is 6.04 Å². The van der Waals surface area contributed by atoms with E-state index in [1.807, 2.05) is 24.4 Å². The molecule has 2 rings (SSSR count). The summed E-state index contributed by atoms with van der Waals surface area (Å²) in [6, 6.07) is 5.99. The van der Waals surface area contributed by atoms with Crippen LogP contribution in [0.15, 0.2) is 24.4 Å². The molecule has 0 amide bonds. The van der Waals surface area contributed by atoms with E-state index in [9.17, 15) is 0 Å². The standard InChI is InChI=1S/C14H15ClN2/c1-3-12(4-2)16-8-10-9-17-14-7-11(15)5-6-13(10)14/h1,5-7,9,12,16-17H,4,8H2,2H3. The summed E-state index contributed by atoms with van der Waals surface area (Å²) in [5.41, 5.74) is 2.27. The van der Waals surface area contributed by atoms with Crippen molar-refractivity contribution in [2.45, 2.75) is 25.9 Å². The topological polar surface area (TPSA) is 27.8 Å². The number of fused-ring (bicyclic) bond motifs is 1. The molecular formula is C14H15ClN2. The molecule has 1 unspecified atom stereocenters. The number of terminal acetylenes is 1. The molecule has 88 valence electrons. The van der Waals surface area contributed by atoms with E-state index in [-0.39, 0.29) is 6.04 Å². The van der Waals surface area contributed by atoms with Gasteiger partial charge >= 0.3 is 0 Å². The van der Waals surface area contributed by atoms with Crippen LogP contribution in [0.5, 0.6) is 0 Å². The summed E-state index contributed by atoms with van der Waals surface area (Å²) in [4.78, 5) is 3.21. The zero-order chi connectivity index (χ0) is 12.3. The largest absolute Gasteiger partial charge is 0.361 e. The van der Waals surface area contributed by atoms with Crippen molar-refractivity contribution in [2.75, 3.05) is 0 Å². The van der Waals surface area contributed by atoms with E-state index >= 15 is 0 Å². The SMILES string of the molecule is C#CC(CC)NCc1c[nH]c2cc(Cl)ccc12. The molecule has 1 aromatic carbocycles. The van der Waals surface area contributed by atoms with Crippen molar-refractivity contribution in [2.24, 2.45) is 0 Å². The molecule has 0 aliphatic rings. The summed E-state index contributed by atoms with van der Waals surface area (Å²) in [6.45, 7) is 2.84. The number of hydrogen-bond donors (Lipinski definition) is 2. The van der Waals surface area contributed by atoms with Gasteiger partial charge < -0.3 is 4.98 Å². The lowest BCUT2D eigenvalue weighted by atomic mass is 10.1. The first-order chi connectivity index (χ1) is 8.24.